The lowest BCUT2D eigenvalue weighted by molar-refractivity contribution is -0.366. The molecule has 4 heterocycles. The molecule has 0 aromatic carbocycles. The number of carbonyl (C=O) groups excluding carboxylic acids is 3. The average Bonchev–Trinajstić information content (AvgIpc) is 3.32. The van der Waals surface area contributed by atoms with Crippen molar-refractivity contribution in [1.82, 2.24) is 16.0 Å². The van der Waals surface area contributed by atoms with Gasteiger partial charge in [-0.25, -0.2) is 0 Å². The van der Waals surface area contributed by atoms with Crippen molar-refractivity contribution in [3.05, 3.63) is 0 Å². The van der Waals surface area contributed by atoms with Crippen molar-refractivity contribution in [2.24, 2.45) is 5.92 Å². The van der Waals surface area contributed by atoms with Crippen LogP contribution in [0, 0.1) is 5.92 Å². The molecule has 4 saturated heterocycles. The molecular weight excluding hydrogens is 918 g/mol. The molecule has 4 fully saturated rings. The molecular formula is C41H73N3O24. The summed E-state index contributed by atoms with van der Waals surface area (Å²) in [6, 6.07) is 0. The Kier molecular flexibility index (Phi) is 24.4. The van der Waals surface area contributed by atoms with Gasteiger partial charge in [-0.2, -0.15) is 0 Å². The second kappa shape index (κ2) is 28.6. The number of hydrogen-bond acceptors (Lipinski definition) is 24. The minimum absolute atomic E-state index is 0.00124. The molecule has 396 valence electrons. The Morgan fingerprint density at radius 2 is 0.971 bits per heavy atom. The summed E-state index contributed by atoms with van der Waals surface area (Å²) in [5.41, 5.74) is 0. The smallest absolute Gasteiger partial charge is 0.222 e. The first-order chi connectivity index (χ1) is 32.3. The highest BCUT2D eigenvalue weighted by atomic mass is 16.8. The largest absolute Gasteiger partial charge is 0.394 e. The Hall–Kier alpha value is -2.43. The summed E-state index contributed by atoms with van der Waals surface area (Å²) in [6.45, 7) is 1.23. The zero-order chi connectivity index (χ0) is 50.2. The second-order valence-electron chi connectivity index (χ2n) is 17.4. The van der Waals surface area contributed by atoms with Gasteiger partial charge in [-0.05, 0) is 32.6 Å². The van der Waals surface area contributed by atoms with Gasteiger partial charge in [0.15, 0.2) is 25.2 Å². The van der Waals surface area contributed by atoms with Crippen LogP contribution in [0.2, 0.25) is 0 Å². The normalized spacial score (nSPS) is 39.2. The molecule has 0 radical (unpaired) electrons. The average molecular weight is 992 g/mol. The van der Waals surface area contributed by atoms with Crippen LogP contribution in [0.25, 0.3) is 0 Å². The van der Waals surface area contributed by atoms with Crippen LogP contribution in [0.15, 0.2) is 0 Å². The second-order valence-corrected chi connectivity index (χ2v) is 17.4. The molecule has 16 N–H and O–H groups in total. The van der Waals surface area contributed by atoms with E-state index in [1.54, 1.807) is 6.92 Å². The summed E-state index contributed by atoms with van der Waals surface area (Å²) in [5, 5.41) is 141. The van der Waals surface area contributed by atoms with Gasteiger partial charge in [0.1, 0.15) is 91.6 Å². The Morgan fingerprint density at radius 1 is 0.500 bits per heavy atom. The number of hydrogen-bond donors (Lipinski definition) is 16. The van der Waals surface area contributed by atoms with Crippen molar-refractivity contribution in [3.63, 3.8) is 0 Å². The minimum atomic E-state index is -1.92. The molecule has 0 aliphatic carbocycles. The molecule has 0 bridgehead atoms. The molecule has 0 spiro atoms. The van der Waals surface area contributed by atoms with Gasteiger partial charge in [0.2, 0.25) is 17.7 Å². The van der Waals surface area contributed by atoms with Gasteiger partial charge in [-0.15, -0.1) is 0 Å². The highest BCUT2D eigenvalue weighted by molar-refractivity contribution is 5.78. The molecule has 3 amide bonds. The third-order valence-electron chi connectivity index (χ3n) is 12.1. The van der Waals surface area contributed by atoms with E-state index in [1.807, 2.05) is 0 Å². The third kappa shape index (κ3) is 16.3. The summed E-state index contributed by atoms with van der Waals surface area (Å²) in [4.78, 5) is 37.2. The van der Waals surface area contributed by atoms with Crippen LogP contribution in [0.5, 0.6) is 0 Å². The van der Waals surface area contributed by atoms with E-state index in [0.29, 0.717) is 38.6 Å². The van der Waals surface area contributed by atoms with E-state index in [0.717, 1.165) is 0 Å². The highest BCUT2D eigenvalue weighted by Gasteiger charge is 2.52. The lowest BCUT2D eigenvalue weighted by Gasteiger charge is -2.46. The van der Waals surface area contributed by atoms with Crippen molar-refractivity contribution < 1.29 is 119 Å². The van der Waals surface area contributed by atoms with Crippen molar-refractivity contribution >= 4 is 17.7 Å². The van der Waals surface area contributed by atoms with Crippen LogP contribution < -0.4 is 16.0 Å². The molecule has 4 rings (SSSR count). The number of rotatable bonds is 26. The predicted octanol–water partition coefficient (Wildman–Crippen LogP) is -7.99. The Labute approximate surface area is 392 Å². The van der Waals surface area contributed by atoms with E-state index in [1.165, 1.54) is 6.92 Å². The molecule has 27 heteroatoms. The van der Waals surface area contributed by atoms with Crippen molar-refractivity contribution in [3.8, 4) is 0 Å². The van der Waals surface area contributed by atoms with E-state index in [2.05, 4.69) is 16.0 Å². The van der Waals surface area contributed by atoms with Gasteiger partial charge in [-0.1, -0.05) is 13.3 Å². The Balaban J connectivity index is 1.13. The van der Waals surface area contributed by atoms with Gasteiger partial charge in [0.25, 0.3) is 0 Å². The highest BCUT2D eigenvalue weighted by Crippen LogP contribution is 2.31. The maximum absolute atomic E-state index is 12.8. The minimum Gasteiger partial charge on any atom is -0.394 e. The van der Waals surface area contributed by atoms with Crippen LogP contribution in [-0.4, -0.2) is 260 Å². The summed E-state index contributed by atoms with van der Waals surface area (Å²) in [5.74, 6) is -1.19. The van der Waals surface area contributed by atoms with Crippen molar-refractivity contribution in [2.45, 2.75) is 182 Å². The molecule has 0 saturated carbocycles. The van der Waals surface area contributed by atoms with E-state index in [9.17, 15) is 80.8 Å². The van der Waals surface area contributed by atoms with E-state index in [-0.39, 0.29) is 56.9 Å². The number of nitrogens with one attached hydrogen (secondary N) is 3. The van der Waals surface area contributed by atoms with Gasteiger partial charge in [0.05, 0.1) is 39.1 Å². The lowest BCUT2D eigenvalue weighted by atomic mass is 9.96. The predicted molar refractivity (Wildman–Crippen MR) is 224 cm³/mol. The molecule has 4 aliphatic heterocycles. The van der Waals surface area contributed by atoms with Gasteiger partial charge < -0.3 is 120 Å². The van der Waals surface area contributed by atoms with E-state index >= 15 is 0 Å². The van der Waals surface area contributed by atoms with Crippen LogP contribution in [-0.2, 0) is 52.3 Å². The molecule has 21 atom stereocenters. The topological polar surface area (TPSA) is 424 Å². The number of aliphatic hydroxyl groups excluding tert-OH is 13. The standard InChI is InChI=1S/C41H73N3O24/c1-18(7-5-6-10-42-23(47)8-3-4-9-24(48)43-11-13-61-38-32(56)29(53)25(49)19(2)64-38)37(60)44-12-14-62-40-35(59)36(68-41-34(58)31(55)27(51)21(16-46)66-41)28(52)22(67-40)17-63-39-33(57)30(54)26(50)20(15-45)65-39/h18-22,25-36,38-41,45-46,49-59H,3-17H2,1-2H3,(H,42,47)(H,43,48)(H,44,60)/t18-,19-,20+,21+,22+,25+,26+,27+,28+,29+,30-,31-,32-,33-,34-,35-,36-,38+,39-,40-,41+/m0/s1. The van der Waals surface area contributed by atoms with Gasteiger partial charge in [0, 0.05) is 38.4 Å². The van der Waals surface area contributed by atoms with Crippen molar-refractivity contribution in [1.29, 1.82) is 0 Å². The number of ether oxygens (including phenoxy) is 8. The maximum Gasteiger partial charge on any atom is 0.222 e. The van der Waals surface area contributed by atoms with Crippen LogP contribution in [0.1, 0.15) is 58.8 Å². The summed E-state index contributed by atoms with van der Waals surface area (Å²) < 4.78 is 44.1. The first-order valence-electron chi connectivity index (χ1n) is 22.9. The number of amides is 3. The number of carbonyl (C=O) groups is 3. The third-order valence-corrected chi connectivity index (χ3v) is 12.1. The molecule has 0 unspecified atom stereocenters. The Bertz CT molecular complexity index is 1510. The number of aliphatic hydroxyl groups is 13. The molecule has 0 aromatic rings. The summed E-state index contributed by atoms with van der Waals surface area (Å²) >= 11 is 0. The molecule has 68 heavy (non-hydrogen) atoms. The fraction of sp³-hybridized carbons (Fsp3) is 0.927. The van der Waals surface area contributed by atoms with Crippen LogP contribution in [0.4, 0.5) is 0 Å². The Morgan fingerprint density at radius 3 is 1.54 bits per heavy atom. The molecule has 0 aromatic heterocycles. The molecule has 4 aliphatic rings. The fourth-order valence-electron chi connectivity index (χ4n) is 7.79. The summed E-state index contributed by atoms with van der Waals surface area (Å²) in [6.07, 6.45) is -28.4. The zero-order valence-corrected chi connectivity index (χ0v) is 38.0. The first kappa shape index (κ1) is 58.1. The van der Waals surface area contributed by atoms with Gasteiger partial charge >= 0.3 is 0 Å². The van der Waals surface area contributed by atoms with Crippen LogP contribution in [0.3, 0.4) is 0 Å². The number of unbranched alkanes of at least 4 members (excludes halogenated alkanes) is 2. The quantitative estimate of drug-likeness (QED) is 0.0358. The SMILES string of the molecule is C[C@@H]1O[C@@H](OCCNC(=O)CCCCC(=O)NCCCC[C@H](C)C(=O)NCCO[C@H]2O[C@H](CO[C@H]3O[C@H](CO)[C@@H](O)[C@H](O)[C@@H]3O)[C@@H](O)[C@H](O[C@H]3O[C@H](CO)[C@@H](O)[C@H](O)[C@@H]3O)[C@@H]2O)[C@@H](O)[C@H](O)[C@@H]1O. The van der Waals surface area contributed by atoms with E-state index in [4.69, 9.17) is 37.9 Å². The van der Waals surface area contributed by atoms with Gasteiger partial charge in [-0.3, -0.25) is 14.4 Å². The van der Waals surface area contributed by atoms with Crippen molar-refractivity contribution in [2.75, 3.05) is 52.7 Å². The first-order valence-corrected chi connectivity index (χ1v) is 22.9. The van der Waals surface area contributed by atoms with E-state index < -0.39 is 149 Å². The lowest BCUT2D eigenvalue weighted by Crippen LogP contribution is -2.65. The fourth-order valence-corrected chi connectivity index (χ4v) is 7.79. The monoisotopic (exact) mass is 991 g/mol. The zero-order valence-electron chi connectivity index (χ0n) is 38.0. The summed E-state index contributed by atoms with van der Waals surface area (Å²) in [7, 11) is 0. The van der Waals surface area contributed by atoms with Crippen LogP contribution >= 0.6 is 0 Å². The maximum atomic E-state index is 12.8. The molecule has 27 nitrogen and oxygen atoms in total.